The summed E-state index contributed by atoms with van der Waals surface area (Å²) in [6.07, 6.45) is 0. The second-order valence-corrected chi connectivity index (χ2v) is 4.53. The molecule has 6 heteroatoms. The van der Waals surface area contributed by atoms with Gasteiger partial charge in [-0.2, -0.15) is 0 Å². The largest absolute Gasteiger partial charge is 0.375 e. The first kappa shape index (κ1) is 16.7. The summed E-state index contributed by atoms with van der Waals surface area (Å²) in [6, 6.07) is 8.58. The van der Waals surface area contributed by atoms with Crippen LogP contribution >= 0.6 is 0 Å². The monoisotopic (exact) mass is 291 g/mol. The quantitative estimate of drug-likeness (QED) is 0.502. The van der Waals surface area contributed by atoms with Crippen molar-refractivity contribution in [1.82, 2.24) is 10.6 Å². The highest BCUT2D eigenvalue weighted by atomic mass is 16.5. The average molecular weight is 291 g/mol. The molecule has 1 aromatic rings. The molecule has 3 amide bonds. The normalized spacial score (nSPS) is 9.76. The Labute approximate surface area is 124 Å². The van der Waals surface area contributed by atoms with Crippen LogP contribution in [-0.2, 0) is 9.53 Å². The van der Waals surface area contributed by atoms with Crippen LogP contribution in [0.25, 0.3) is 0 Å². The summed E-state index contributed by atoms with van der Waals surface area (Å²) in [5.41, 5.74) is 1.60. The SMILES string of the molecule is C=C(C)COCCNC(=O)CNC(=O)Nc1ccccc1. The Kier molecular flexibility index (Phi) is 7.60. The van der Waals surface area contributed by atoms with Crippen molar-refractivity contribution in [2.45, 2.75) is 6.92 Å². The minimum atomic E-state index is -0.421. The Bertz CT molecular complexity index is 474. The Morgan fingerprint density at radius 3 is 2.57 bits per heavy atom. The number of hydrogen-bond donors (Lipinski definition) is 3. The highest BCUT2D eigenvalue weighted by molar-refractivity contribution is 5.92. The zero-order valence-corrected chi connectivity index (χ0v) is 12.1. The van der Waals surface area contributed by atoms with Gasteiger partial charge in [0.05, 0.1) is 19.8 Å². The smallest absolute Gasteiger partial charge is 0.319 e. The van der Waals surface area contributed by atoms with E-state index in [1.54, 1.807) is 12.1 Å². The van der Waals surface area contributed by atoms with Crippen molar-refractivity contribution in [3.05, 3.63) is 42.5 Å². The van der Waals surface area contributed by atoms with E-state index in [1.807, 2.05) is 25.1 Å². The predicted octanol–water partition coefficient (Wildman–Crippen LogP) is 1.52. The van der Waals surface area contributed by atoms with E-state index in [1.165, 1.54) is 0 Å². The van der Waals surface area contributed by atoms with Crippen LogP contribution in [0.4, 0.5) is 10.5 Å². The van der Waals surface area contributed by atoms with Crippen molar-refractivity contribution in [2.24, 2.45) is 0 Å². The van der Waals surface area contributed by atoms with Gasteiger partial charge in [0.15, 0.2) is 0 Å². The lowest BCUT2D eigenvalue weighted by atomic mass is 10.3. The van der Waals surface area contributed by atoms with Gasteiger partial charge in [-0.05, 0) is 19.1 Å². The molecule has 3 N–H and O–H groups in total. The number of urea groups is 1. The minimum absolute atomic E-state index is 0.0842. The number of para-hydroxylation sites is 1. The summed E-state index contributed by atoms with van der Waals surface area (Å²) in [4.78, 5) is 23.0. The van der Waals surface area contributed by atoms with Gasteiger partial charge in [0.2, 0.25) is 5.91 Å². The molecule has 0 aliphatic heterocycles. The molecular weight excluding hydrogens is 270 g/mol. The molecule has 0 radical (unpaired) electrons. The van der Waals surface area contributed by atoms with E-state index in [2.05, 4.69) is 22.5 Å². The molecule has 0 bridgehead atoms. The highest BCUT2D eigenvalue weighted by Gasteiger charge is 2.04. The lowest BCUT2D eigenvalue weighted by Gasteiger charge is -2.08. The van der Waals surface area contributed by atoms with Gasteiger partial charge in [-0.25, -0.2) is 4.79 Å². The molecule has 1 aromatic carbocycles. The van der Waals surface area contributed by atoms with Crippen molar-refractivity contribution in [3.8, 4) is 0 Å². The van der Waals surface area contributed by atoms with E-state index >= 15 is 0 Å². The van der Waals surface area contributed by atoms with Gasteiger partial charge >= 0.3 is 6.03 Å². The molecule has 0 aromatic heterocycles. The number of carbonyl (C=O) groups excluding carboxylic acids is 2. The number of ether oxygens (including phenoxy) is 1. The van der Waals surface area contributed by atoms with Crippen LogP contribution in [0.5, 0.6) is 0 Å². The number of carbonyl (C=O) groups is 2. The third-order valence-electron chi connectivity index (χ3n) is 2.36. The lowest BCUT2D eigenvalue weighted by Crippen LogP contribution is -2.39. The number of benzene rings is 1. The standard InChI is InChI=1S/C15H21N3O3/c1-12(2)11-21-9-8-16-14(19)10-17-15(20)18-13-6-4-3-5-7-13/h3-7H,1,8-11H2,2H3,(H,16,19)(H2,17,18,20). The van der Waals surface area contributed by atoms with Crippen molar-refractivity contribution < 1.29 is 14.3 Å². The average Bonchev–Trinajstić information content (AvgIpc) is 2.45. The van der Waals surface area contributed by atoms with Gasteiger partial charge in [-0.3, -0.25) is 4.79 Å². The third-order valence-corrected chi connectivity index (χ3v) is 2.36. The van der Waals surface area contributed by atoms with E-state index < -0.39 is 6.03 Å². The molecule has 0 spiro atoms. The first-order chi connectivity index (χ1) is 10.1. The van der Waals surface area contributed by atoms with Crippen molar-refractivity contribution >= 4 is 17.6 Å². The maximum atomic E-state index is 11.5. The molecule has 6 nitrogen and oxygen atoms in total. The topological polar surface area (TPSA) is 79.5 Å². The zero-order valence-electron chi connectivity index (χ0n) is 12.1. The second-order valence-electron chi connectivity index (χ2n) is 4.53. The summed E-state index contributed by atoms with van der Waals surface area (Å²) >= 11 is 0. The van der Waals surface area contributed by atoms with E-state index in [4.69, 9.17) is 4.74 Å². The number of rotatable bonds is 8. The molecular formula is C15H21N3O3. The summed E-state index contributed by atoms with van der Waals surface area (Å²) in [5, 5.41) is 7.73. The fourth-order valence-corrected chi connectivity index (χ4v) is 1.43. The Morgan fingerprint density at radius 1 is 1.19 bits per heavy atom. The first-order valence-electron chi connectivity index (χ1n) is 6.66. The maximum absolute atomic E-state index is 11.5. The molecule has 0 aliphatic carbocycles. The first-order valence-corrected chi connectivity index (χ1v) is 6.66. The zero-order chi connectivity index (χ0) is 15.5. The van der Waals surface area contributed by atoms with Gasteiger partial charge in [0, 0.05) is 12.2 Å². The summed E-state index contributed by atoms with van der Waals surface area (Å²) in [5.74, 6) is -0.267. The van der Waals surface area contributed by atoms with Crippen molar-refractivity contribution in [3.63, 3.8) is 0 Å². The van der Waals surface area contributed by atoms with Crippen LogP contribution in [0, 0.1) is 0 Å². The second kappa shape index (κ2) is 9.55. The van der Waals surface area contributed by atoms with Crippen molar-refractivity contribution in [2.75, 3.05) is 31.6 Å². The predicted molar refractivity (Wildman–Crippen MR) is 82.1 cm³/mol. The maximum Gasteiger partial charge on any atom is 0.319 e. The van der Waals surface area contributed by atoms with E-state index in [0.717, 1.165) is 5.57 Å². The van der Waals surface area contributed by atoms with Crippen LogP contribution < -0.4 is 16.0 Å². The molecule has 0 saturated carbocycles. The van der Waals surface area contributed by atoms with Crippen LogP contribution in [0.15, 0.2) is 42.5 Å². The Balaban J connectivity index is 2.09. The molecule has 0 aliphatic rings. The Hall–Kier alpha value is -2.34. The number of nitrogens with one attached hydrogen (secondary N) is 3. The summed E-state index contributed by atoms with van der Waals surface area (Å²) in [7, 11) is 0. The minimum Gasteiger partial charge on any atom is -0.375 e. The van der Waals surface area contributed by atoms with Crippen LogP contribution in [0.3, 0.4) is 0 Å². The van der Waals surface area contributed by atoms with Gasteiger partial charge in [0.25, 0.3) is 0 Å². The molecule has 0 fully saturated rings. The van der Waals surface area contributed by atoms with Gasteiger partial charge < -0.3 is 20.7 Å². The number of hydrogen-bond acceptors (Lipinski definition) is 3. The fraction of sp³-hybridized carbons (Fsp3) is 0.333. The summed E-state index contributed by atoms with van der Waals surface area (Å²) in [6.45, 7) is 6.78. The van der Waals surface area contributed by atoms with E-state index in [0.29, 0.717) is 25.4 Å². The van der Waals surface area contributed by atoms with Crippen LogP contribution in [0.1, 0.15) is 6.92 Å². The molecule has 1 rings (SSSR count). The molecule has 0 atom stereocenters. The fourth-order valence-electron chi connectivity index (χ4n) is 1.43. The Morgan fingerprint density at radius 2 is 1.90 bits per heavy atom. The van der Waals surface area contributed by atoms with Gasteiger partial charge in [-0.1, -0.05) is 30.4 Å². The van der Waals surface area contributed by atoms with Crippen LogP contribution in [-0.4, -0.2) is 38.2 Å². The summed E-state index contributed by atoms with van der Waals surface area (Å²) < 4.78 is 5.24. The van der Waals surface area contributed by atoms with Gasteiger partial charge in [0.1, 0.15) is 0 Å². The molecule has 0 heterocycles. The van der Waals surface area contributed by atoms with Crippen LogP contribution in [0.2, 0.25) is 0 Å². The highest BCUT2D eigenvalue weighted by Crippen LogP contribution is 2.03. The molecule has 0 unspecified atom stereocenters. The molecule has 114 valence electrons. The molecule has 0 saturated heterocycles. The lowest BCUT2D eigenvalue weighted by molar-refractivity contribution is -0.120. The van der Waals surface area contributed by atoms with E-state index in [-0.39, 0.29) is 12.5 Å². The van der Waals surface area contributed by atoms with Gasteiger partial charge in [-0.15, -0.1) is 0 Å². The number of anilines is 1. The number of amides is 3. The van der Waals surface area contributed by atoms with E-state index in [9.17, 15) is 9.59 Å². The molecule has 21 heavy (non-hydrogen) atoms. The van der Waals surface area contributed by atoms with Crippen molar-refractivity contribution in [1.29, 1.82) is 0 Å². The third kappa shape index (κ3) is 8.43.